The van der Waals surface area contributed by atoms with Gasteiger partial charge in [-0.15, -0.1) is 12.4 Å². The predicted octanol–water partition coefficient (Wildman–Crippen LogP) is 2.58. The monoisotopic (exact) mass is 308 g/mol. The van der Waals surface area contributed by atoms with Gasteiger partial charge in [0.05, 0.1) is 28.8 Å². The fourth-order valence-electron chi connectivity index (χ4n) is 1.45. The number of anilines is 1. The smallest absolute Gasteiger partial charge is 0.328 e. The molecule has 1 aliphatic heterocycles. The standard InChI is InChI=1S/C10H10Cl2N4O.ClH/c11-6-2-1-3-7(8(6)12)15-10(17)16-5-4-14-9(16)13;/h1-3H,4-5H2,(H2,13,14)(H,15,17);1H. The largest absolute Gasteiger partial charge is 0.369 e. The third-order valence-corrected chi connectivity index (χ3v) is 3.13. The number of halogens is 3. The fraction of sp³-hybridized carbons (Fsp3) is 0.200. The van der Waals surface area contributed by atoms with Crippen LogP contribution in [0.4, 0.5) is 10.5 Å². The average Bonchev–Trinajstić information content (AvgIpc) is 2.71. The Kier molecular flexibility index (Phi) is 5.07. The van der Waals surface area contributed by atoms with E-state index < -0.39 is 0 Å². The van der Waals surface area contributed by atoms with Crippen molar-refractivity contribution in [3.05, 3.63) is 28.2 Å². The molecule has 0 radical (unpaired) electrons. The van der Waals surface area contributed by atoms with Crippen molar-refractivity contribution in [3.8, 4) is 0 Å². The molecule has 0 atom stereocenters. The van der Waals surface area contributed by atoms with Crippen molar-refractivity contribution < 1.29 is 4.79 Å². The molecule has 0 aliphatic carbocycles. The first kappa shape index (κ1) is 14.9. The zero-order valence-corrected chi connectivity index (χ0v) is 11.5. The van der Waals surface area contributed by atoms with Gasteiger partial charge in [0.2, 0.25) is 0 Å². The van der Waals surface area contributed by atoms with E-state index in [0.29, 0.717) is 28.8 Å². The van der Waals surface area contributed by atoms with Crippen LogP contribution < -0.4 is 11.1 Å². The van der Waals surface area contributed by atoms with Gasteiger partial charge in [0.15, 0.2) is 5.96 Å². The number of nitrogens with zero attached hydrogens (tertiary/aromatic N) is 2. The van der Waals surface area contributed by atoms with E-state index >= 15 is 0 Å². The summed E-state index contributed by atoms with van der Waals surface area (Å²) in [6, 6.07) is 4.64. The van der Waals surface area contributed by atoms with Gasteiger partial charge < -0.3 is 11.1 Å². The Morgan fingerprint density at radius 3 is 2.78 bits per heavy atom. The summed E-state index contributed by atoms with van der Waals surface area (Å²) in [6.07, 6.45) is 0. The molecule has 1 heterocycles. The Bertz CT molecular complexity index is 492. The highest BCUT2D eigenvalue weighted by Gasteiger charge is 2.21. The second-order valence-corrected chi connectivity index (χ2v) is 4.21. The highest BCUT2D eigenvalue weighted by Crippen LogP contribution is 2.29. The van der Waals surface area contributed by atoms with E-state index in [1.165, 1.54) is 4.90 Å². The van der Waals surface area contributed by atoms with Gasteiger partial charge in [-0.25, -0.2) is 4.79 Å². The minimum atomic E-state index is -0.368. The summed E-state index contributed by atoms with van der Waals surface area (Å²) < 4.78 is 0. The molecular formula is C10H11Cl3N4O. The van der Waals surface area contributed by atoms with E-state index in [1.54, 1.807) is 18.2 Å². The molecule has 1 aliphatic rings. The number of carbonyl (C=O) groups is 1. The molecule has 0 saturated heterocycles. The summed E-state index contributed by atoms with van der Waals surface area (Å²) in [5.41, 5.74) is 6.01. The minimum absolute atomic E-state index is 0. The van der Waals surface area contributed by atoms with Crippen molar-refractivity contribution in [2.24, 2.45) is 10.7 Å². The summed E-state index contributed by atoms with van der Waals surface area (Å²) in [5.74, 6) is 0.209. The number of benzene rings is 1. The van der Waals surface area contributed by atoms with Crippen molar-refractivity contribution in [3.63, 3.8) is 0 Å². The van der Waals surface area contributed by atoms with Crippen LogP contribution in [0.3, 0.4) is 0 Å². The zero-order chi connectivity index (χ0) is 12.4. The highest BCUT2D eigenvalue weighted by atomic mass is 35.5. The van der Waals surface area contributed by atoms with Crippen LogP contribution in [-0.2, 0) is 0 Å². The zero-order valence-electron chi connectivity index (χ0n) is 9.19. The topological polar surface area (TPSA) is 70.7 Å². The van der Waals surface area contributed by atoms with Gasteiger partial charge in [0, 0.05) is 0 Å². The lowest BCUT2D eigenvalue weighted by atomic mass is 10.3. The summed E-state index contributed by atoms with van der Waals surface area (Å²) in [6.45, 7) is 0.985. The van der Waals surface area contributed by atoms with E-state index in [1.807, 2.05) is 0 Å². The van der Waals surface area contributed by atoms with Gasteiger partial charge in [-0.05, 0) is 12.1 Å². The molecule has 1 aromatic carbocycles. The predicted molar refractivity (Wildman–Crippen MR) is 75.9 cm³/mol. The molecule has 0 fully saturated rings. The first-order valence-electron chi connectivity index (χ1n) is 4.92. The summed E-state index contributed by atoms with van der Waals surface area (Å²) in [5, 5.41) is 3.32. The maximum absolute atomic E-state index is 11.8. The Labute approximate surface area is 120 Å². The highest BCUT2D eigenvalue weighted by molar-refractivity contribution is 6.44. The summed E-state index contributed by atoms with van der Waals surface area (Å²) >= 11 is 11.8. The molecule has 0 unspecified atom stereocenters. The quantitative estimate of drug-likeness (QED) is 0.837. The number of urea groups is 1. The van der Waals surface area contributed by atoms with Gasteiger partial charge >= 0.3 is 6.03 Å². The third kappa shape index (κ3) is 2.98. The van der Waals surface area contributed by atoms with E-state index in [4.69, 9.17) is 28.9 Å². The van der Waals surface area contributed by atoms with Crippen LogP contribution in [0.15, 0.2) is 23.2 Å². The van der Waals surface area contributed by atoms with E-state index in [2.05, 4.69) is 10.3 Å². The number of guanidine groups is 1. The maximum Gasteiger partial charge on any atom is 0.328 e. The Hall–Kier alpha value is -1.17. The van der Waals surface area contributed by atoms with E-state index in [9.17, 15) is 4.79 Å². The molecule has 0 spiro atoms. The number of hydrogen-bond acceptors (Lipinski definition) is 3. The number of rotatable bonds is 1. The van der Waals surface area contributed by atoms with Crippen LogP contribution in [0, 0.1) is 0 Å². The molecule has 8 heteroatoms. The molecule has 5 nitrogen and oxygen atoms in total. The molecule has 2 rings (SSSR count). The third-order valence-electron chi connectivity index (χ3n) is 2.31. The number of amides is 2. The molecule has 3 N–H and O–H groups in total. The van der Waals surface area contributed by atoms with Crippen LogP contribution in [0.2, 0.25) is 10.0 Å². The van der Waals surface area contributed by atoms with Gasteiger partial charge in [-0.3, -0.25) is 9.89 Å². The lowest BCUT2D eigenvalue weighted by Gasteiger charge is -2.16. The van der Waals surface area contributed by atoms with Crippen LogP contribution in [0.1, 0.15) is 0 Å². The van der Waals surface area contributed by atoms with E-state index in [0.717, 1.165) is 0 Å². The van der Waals surface area contributed by atoms with Crippen molar-refractivity contribution in [2.75, 3.05) is 18.4 Å². The van der Waals surface area contributed by atoms with Gasteiger partial charge in [0.25, 0.3) is 0 Å². The number of aliphatic imine (C=N–C) groups is 1. The van der Waals surface area contributed by atoms with E-state index in [-0.39, 0.29) is 24.4 Å². The Morgan fingerprint density at radius 2 is 2.17 bits per heavy atom. The van der Waals surface area contributed by atoms with Gasteiger partial charge in [-0.2, -0.15) is 0 Å². The molecule has 98 valence electrons. The molecule has 0 aromatic heterocycles. The van der Waals surface area contributed by atoms with Crippen molar-refractivity contribution in [1.29, 1.82) is 0 Å². The summed E-state index contributed by atoms with van der Waals surface area (Å²) in [4.78, 5) is 17.1. The number of hydrogen-bond donors (Lipinski definition) is 2. The van der Waals surface area contributed by atoms with Crippen molar-refractivity contribution >= 4 is 53.3 Å². The molecule has 0 bridgehead atoms. The lowest BCUT2D eigenvalue weighted by Crippen LogP contribution is -2.41. The molecule has 0 saturated carbocycles. The average molecular weight is 310 g/mol. The van der Waals surface area contributed by atoms with Crippen LogP contribution in [0.5, 0.6) is 0 Å². The maximum atomic E-state index is 11.8. The fourth-order valence-corrected chi connectivity index (χ4v) is 1.80. The molecular weight excluding hydrogens is 298 g/mol. The molecule has 1 aromatic rings. The SMILES string of the molecule is Cl.NC1=NCCN1C(=O)Nc1cccc(Cl)c1Cl. The molecule has 2 amide bonds. The summed E-state index contributed by atoms with van der Waals surface area (Å²) in [7, 11) is 0. The van der Waals surface area contributed by atoms with Crippen LogP contribution in [-0.4, -0.2) is 30.0 Å². The number of nitrogens with one attached hydrogen (secondary N) is 1. The first-order chi connectivity index (χ1) is 8.09. The van der Waals surface area contributed by atoms with Crippen molar-refractivity contribution in [1.82, 2.24) is 4.90 Å². The van der Waals surface area contributed by atoms with Crippen LogP contribution in [0.25, 0.3) is 0 Å². The van der Waals surface area contributed by atoms with Gasteiger partial charge in [-0.1, -0.05) is 29.3 Å². The lowest BCUT2D eigenvalue weighted by molar-refractivity contribution is 0.236. The minimum Gasteiger partial charge on any atom is -0.369 e. The second-order valence-electron chi connectivity index (χ2n) is 3.42. The van der Waals surface area contributed by atoms with Gasteiger partial charge in [0.1, 0.15) is 0 Å². The first-order valence-corrected chi connectivity index (χ1v) is 5.67. The molecule has 18 heavy (non-hydrogen) atoms. The Morgan fingerprint density at radius 1 is 1.44 bits per heavy atom. The second kappa shape index (κ2) is 6.13. The number of carbonyl (C=O) groups excluding carboxylic acids is 1. The number of nitrogens with two attached hydrogens (primary N) is 1. The van der Waals surface area contributed by atoms with Crippen molar-refractivity contribution in [2.45, 2.75) is 0 Å². The normalized spacial score (nSPS) is 13.9. The Balaban J connectivity index is 0.00000162. The van der Waals surface area contributed by atoms with Crippen LogP contribution >= 0.6 is 35.6 Å².